The molecule has 4 nitrogen and oxygen atoms in total. The maximum absolute atomic E-state index is 12.7. The highest BCUT2D eigenvalue weighted by Crippen LogP contribution is 2.68. The zero-order valence-electron chi connectivity index (χ0n) is 21.6. The quantitative estimate of drug-likeness (QED) is 0.352. The topological polar surface area (TPSA) is 52.6 Å². The largest absolute Gasteiger partial charge is 0.459 e. The monoisotopic (exact) mass is 476 g/mol. The van der Waals surface area contributed by atoms with Gasteiger partial charge in [0.15, 0.2) is 0 Å². The Bertz CT molecular complexity index is 1050. The Hall–Kier alpha value is -2.10. The van der Waals surface area contributed by atoms with E-state index in [0.29, 0.717) is 29.7 Å². The highest BCUT2D eigenvalue weighted by molar-refractivity contribution is 5.89. The van der Waals surface area contributed by atoms with Crippen molar-refractivity contribution in [1.29, 1.82) is 0 Å². The molecule has 0 amide bonds. The Balaban J connectivity index is 1.19. The second kappa shape index (κ2) is 8.21. The van der Waals surface area contributed by atoms with Crippen LogP contribution in [-0.2, 0) is 14.3 Å². The van der Waals surface area contributed by atoms with Crippen molar-refractivity contribution in [3.63, 3.8) is 0 Å². The standard InChI is InChI=1S/C31H40O4/c1-29-16-13-22(34-28(33)20-7-5-4-6-8-20)19-21(29)9-10-23-24-11-12-26(30(24,2)17-14-25(23)29)31(3)18-15-27(32)35-31/h4-9,22-26H,10-19H2,1-3H3. The van der Waals surface area contributed by atoms with Crippen LogP contribution in [0.2, 0.25) is 0 Å². The Morgan fingerprint density at radius 2 is 1.77 bits per heavy atom. The summed E-state index contributed by atoms with van der Waals surface area (Å²) in [5, 5.41) is 0. The molecular weight excluding hydrogens is 436 g/mol. The number of cyclic esters (lactones) is 1. The van der Waals surface area contributed by atoms with Crippen LogP contribution < -0.4 is 0 Å². The summed E-state index contributed by atoms with van der Waals surface area (Å²) < 4.78 is 11.9. The molecular formula is C31H40O4. The summed E-state index contributed by atoms with van der Waals surface area (Å²) >= 11 is 0. The average Bonchev–Trinajstić information content (AvgIpc) is 3.39. The third kappa shape index (κ3) is 3.61. The molecule has 1 saturated heterocycles. The van der Waals surface area contributed by atoms with Crippen molar-refractivity contribution in [2.24, 2.45) is 34.5 Å². The fourth-order valence-electron chi connectivity index (χ4n) is 9.48. The number of esters is 2. The lowest BCUT2D eigenvalue weighted by atomic mass is 9.46. The Labute approximate surface area is 209 Å². The van der Waals surface area contributed by atoms with Gasteiger partial charge in [0, 0.05) is 18.8 Å². The fraction of sp³-hybridized carbons (Fsp3) is 0.677. The fourth-order valence-corrected chi connectivity index (χ4v) is 9.48. The summed E-state index contributed by atoms with van der Waals surface area (Å²) in [6, 6.07) is 9.37. The maximum atomic E-state index is 12.7. The van der Waals surface area contributed by atoms with Crippen molar-refractivity contribution in [2.45, 2.75) is 96.7 Å². The van der Waals surface area contributed by atoms with Crippen LogP contribution in [0.1, 0.15) is 95.3 Å². The predicted octanol–water partition coefficient (Wildman–Crippen LogP) is 6.89. The van der Waals surface area contributed by atoms with E-state index in [9.17, 15) is 9.59 Å². The lowest BCUT2D eigenvalue weighted by Gasteiger charge is -2.59. The second-order valence-corrected chi connectivity index (χ2v) is 12.9. The first-order chi connectivity index (χ1) is 16.7. The van der Waals surface area contributed by atoms with Gasteiger partial charge in [-0.3, -0.25) is 4.79 Å². The normalized spacial score (nSPS) is 44.5. The van der Waals surface area contributed by atoms with Crippen molar-refractivity contribution >= 4 is 11.9 Å². The zero-order chi connectivity index (χ0) is 24.4. The van der Waals surface area contributed by atoms with E-state index < -0.39 is 0 Å². The van der Waals surface area contributed by atoms with Gasteiger partial charge < -0.3 is 9.47 Å². The van der Waals surface area contributed by atoms with Gasteiger partial charge in [0.25, 0.3) is 0 Å². The number of hydrogen-bond donors (Lipinski definition) is 0. The molecule has 0 N–H and O–H groups in total. The number of hydrogen-bond acceptors (Lipinski definition) is 4. The minimum atomic E-state index is -0.270. The van der Waals surface area contributed by atoms with Gasteiger partial charge in [-0.2, -0.15) is 0 Å². The van der Waals surface area contributed by atoms with Crippen LogP contribution in [-0.4, -0.2) is 23.6 Å². The summed E-state index contributed by atoms with van der Waals surface area (Å²) in [6.45, 7) is 7.23. The predicted molar refractivity (Wildman–Crippen MR) is 135 cm³/mol. The smallest absolute Gasteiger partial charge is 0.338 e. The molecule has 6 rings (SSSR count). The van der Waals surface area contributed by atoms with E-state index in [1.54, 1.807) is 0 Å². The average molecular weight is 477 g/mol. The van der Waals surface area contributed by atoms with Crippen LogP contribution in [0.5, 0.6) is 0 Å². The lowest BCUT2D eigenvalue weighted by Crippen LogP contribution is -2.53. The first-order valence-corrected chi connectivity index (χ1v) is 13.9. The number of benzene rings is 1. The van der Waals surface area contributed by atoms with E-state index in [1.807, 2.05) is 30.3 Å². The molecule has 8 unspecified atom stereocenters. The first-order valence-electron chi connectivity index (χ1n) is 13.9. The van der Waals surface area contributed by atoms with Gasteiger partial charge in [-0.25, -0.2) is 4.79 Å². The van der Waals surface area contributed by atoms with Gasteiger partial charge in [-0.05, 0) is 99.0 Å². The van der Waals surface area contributed by atoms with E-state index in [2.05, 4.69) is 26.8 Å². The molecule has 5 aliphatic rings. The number of carbonyl (C=O) groups excluding carboxylic acids is 2. The molecule has 1 heterocycles. The number of rotatable bonds is 3. The highest BCUT2D eigenvalue weighted by Gasteiger charge is 2.63. The van der Waals surface area contributed by atoms with Crippen LogP contribution in [0.3, 0.4) is 0 Å². The molecule has 4 aliphatic carbocycles. The van der Waals surface area contributed by atoms with Gasteiger partial charge >= 0.3 is 11.9 Å². The summed E-state index contributed by atoms with van der Waals surface area (Å²) in [7, 11) is 0. The molecule has 4 fully saturated rings. The number of allylic oxidation sites excluding steroid dienone is 1. The van der Waals surface area contributed by atoms with Crippen molar-refractivity contribution < 1.29 is 19.1 Å². The second-order valence-electron chi connectivity index (χ2n) is 12.9. The molecule has 188 valence electrons. The van der Waals surface area contributed by atoms with Gasteiger partial charge in [0.2, 0.25) is 0 Å². The van der Waals surface area contributed by atoms with E-state index >= 15 is 0 Å². The van der Waals surface area contributed by atoms with Gasteiger partial charge in [-0.1, -0.05) is 43.7 Å². The number of carbonyl (C=O) groups is 2. The molecule has 0 aromatic heterocycles. The summed E-state index contributed by atoms with van der Waals surface area (Å²) in [4.78, 5) is 24.7. The molecule has 0 bridgehead atoms. The van der Waals surface area contributed by atoms with E-state index in [1.165, 1.54) is 31.3 Å². The van der Waals surface area contributed by atoms with Gasteiger partial charge in [-0.15, -0.1) is 0 Å². The Kier molecular flexibility index (Phi) is 5.47. The summed E-state index contributed by atoms with van der Waals surface area (Å²) in [5.74, 6) is 2.43. The van der Waals surface area contributed by atoms with Crippen LogP contribution >= 0.6 is 0 Å². The lowest BCUT2D eigenvalue weighted by molar-refractivity contribution is -0.158. The molecule has 0 spiro atoms. The van der Waals surface area contributed by atoms with E-state index in [-0.39, 0.29) is 34.5 Å². The van der Waals surface area contributed by atoms with Crippen molar-refractivity contribution in [3.05, 3.63) is 47.5 Å². The Morgan fingerprint density at radius 3 is 2.51 bits per heavy atom. The highest BCUT2D eigenvalue weighted by atomic mass is 16.6. The summed E-state index contributed by atoms with van der Waals surface area (Å²) in [6.07, 6.45) is 13.0. The van der Waals surface area contributed by atoms with Crippen molar-refractivity contribution in [1.82, 2.24) is 0 Å². The molecule has 0 radical (unpaired) electrons. The van der Waals surface area contributed by atoms with Crippen molar-refractivity contribution in [3.8, 4) is 0 Å². The van der Waals surface area contributed by atoms with Gasteiger partial charge in [0.05, 0.1) is 5.56 Å². The minimum absolute atomic E-state index is 0.00397. The third-order valence-electron chi connectivity index (χ3n) is 11.3. The molecule has 1 aromatic carbocycles. The maximum Gasteiger partial charge on any atom is 0.338 e. The molecule has 1 aromatic rings. The number of fused-ring (bicyclic) bond motifs is 5. The Morgan fingerprint density at radius 1 is 0.971 bits per heavy atom. The van der Waals surface area contributed by atoms with E-state index in [4.69, 9.17) is 9.47 Å². The molecule has 35 heavy (non-hydrogen) atoms. The SMILES string of the molecule is CC1(C2CCC3C4CC=C5CC(OC(=O)c6ccccc6)CCC5(C)C4CCC32C)CCC(=O)O1. The minimum Gasteiger partial charge on any atom is -0.459 e. The molecule has 8 atom stereocenters. The van der Waals surface area contributed by atoms with Gasteiger partial charge in [0.1, 0.15) is 11.7 Å². The van der Waals surface area contributed by atoms with Crippen LogP contribution in [0, 0.1) is 34.5 Å². The molecule has 3 saturated carbocycles. The molecule has 1 aliphatic heterocycles. The van der Waals surface area contributed by atoms with Crippen LogP contribution in [0.4, 0.5) is 0 Å². The van der Waals surface area contributed by atoms with Crippen molar-refractivity contribution in [2.75, 3.05) is 0 Å². The van der Waals surface area contributed by atoms with Crippen LogP contribution in [0.15, 0.2) is 42.0 Å². The molecule has 4 heteroatoms. The third-order valence-corrected chi connectivity index (χ3v) is 11.3. The summed E-state index contributed by atoms with van der Waals surface area (Å²) in [5.41, 5.74) is 2.40. The van der Waals surface area contributed by atoms with Crippen LogP contribution in [0.25, 0.3) is 0 Å². The number of ether oxygens (including phenoxy) is 2. The zero-order valence-corrected chi connectivity index (χ0v) is 21.6. The first kappa shape index (κ1) is 23.3. The van der Waals surface area contributed by atoms with E-state index in [0.717, 1.165) is 38.0 Å².